The molecule has 0 radical (unpaired) electrons. The molecule has 0 atom stereocenters. The van der Waals surface area contributed by atoms with Crippen molar-refractivity contribution in [3.05, 3.63) is 58.7 Å². The average Bonchev–Trinajstić information content (AvgIpc) is 3.35. The van der Waals surface area contributed by atoms with Crippen LogP contribution < -0.4 is 5.73 Å². The third-order valence-electron chi connectivity index (χ3n) is 7.15. The summed E-state index contributed by atoms with van der Waals surface area (Å²) < 4.78 is 0. The minimum atomic E-state index is -0.343. The van der Waals surface area contributed by atoms with Gasteiger partial charge >= 0.3 is 0 Å². The van der Waals surface area contributed by atoms with Gasteiger partial charge in [-0.25, -0.2) is 0 Å². The molecule has 1 saturated carbocycles. The normalized spacial score (nSPS) is 21.9. The summed E-state index contributed by atoms with van der Waals surface area (Å²) in [4.78, 5) is 26.1. The molecule has 0 aromatic heterocycles. The van der Waals surface area contributed by atoms with E-state index in [1.165, 1.54) is 53.2 Å². The molecule has 1 aliphatic heterocycles. The van der Waals surface area contributed by atoms with Crippen LogP contribution in [-0.2, 0) is 11.2 Å². The van der Waals surface area contributed by atoms with E-state index in [0.29, 0.717) is 17.5 Å². The van der Waals surface area contributed by atoms with Crippen LogP contribution in [0.5, 0.6) is 0 Å². The second-order valence-corrected chi connectivity index (χ2v) is 8.80. The Labute approximate surface area is 165 Å². The van der Waals surface area contributed by atoms with Gasteiger partial charge in [0.2, 0.25) is 11.8 Å². The molecule has 28 heavy (non-hydrogen) atoms. The molecule has 4 nitrogen and oxygen atoms in total. The van der Waals surface area contributed by atoms with Gasteiger partial charge in [0, 0.05) is 18.7 Å². The zero-order valence-corrected chi connectivity index (χ0v) is 16.2. The van der Waals surface area contributed by atoms with Crippen molar-refractivity contribution >= 4 is 23.0 Å². The highest BCUT2D eigenvalue weighted by atomic mass is 16.2. The van der Waals surface area contributed by atoms with Gasteiger partial charge in [0.05, 0.1) is 0 Å². The van der Waals surface area contributed by atoms with Crippen molar-refractivity contribution in [1.29, 1.82) is 0 Å². The van der Waals surface area contributed by atoms with E-state index in [1.807, 2.05) is 11.0 Å². The van der Waals surface area contributed by atoms with Crippen LogP contribution in [0.1, 0.15) is 65.6 Å². The molecule has 2 N–H and O–H groups in total. The van der Waals surface area contributed by atoms with Crippen molar-refractivity contribution in [2.45, 2.75) is 44.9 Å². The predicted molar refractivity (Wildman–Crippen MR) is 110 cm³/mol. The molecule has 144 valence electrons. The molecule has 1 fully saturated rings. The Morgan fingerprint density at radius 2 is 2.04 bits per heavy atom. The molecule has 0 bridgehead atoms. The molecular formula is C24H26N2O2. The molecule has 1 spiro atoms. The number of amides is 2. The predicted octanol–water partition coefficient (Wildman–Crippen LogP) is 3.86. The molecule has 5 rings (SSSR count). The van der Waals surface area contributed by atoms with Crippen molar-refractivity contribution in [2.24, 2.45) is 11.1 Å². The summed E-state index contributed by atoms with van der Waals surface area (Å²) in [5, 5.41) is 0. The number of fused-ring (bicyclic) bond motifs is 2. The number of benzene rings is 1. The number of allylic oxidation sites excluding steroid dienone is 2. The second kappa shape index (κ2) is 6.20. The van der Waals surface area contributed by atoms with Gasteiger partial charge in [0.1, 0.15) is 0 Å². The lowest BCUT2D eigenvalue weighted by Gasteiger charge is -2.29. The summed E-state index contributed by atoms with van der Waals surface area (Å²) in [5.74, 6) is -0.365. The van der Waals surface area contributed by atoms with Crippen LogP contribution in [-0.4, -0.2) is 29.8 Å². The lowest BCUT2D eigenvalue weighted by atomic mass is 9.79. The number of nitrogens with zero attached hydrogens (tertiary/aromatic N) is 1. The molecule has 1 aromatic rings. The van der Waals surface area contributed by atoms with Gasteiger partial charge in [-0.15, -0.1) is 0 Å². The summed E-state index contributed by atoms with van der Waals surface area (Å²) in [6, 6.07) is 3.94. The first-order chi connectivity index (χ1) is 13.5. The molecule has 0 unspecified atom stereocenters. The van der Waals surface area contributed by atoms with E-state index in [1.54, 1.807) is 0 Å². The van der Waals surface area contributed by atoms with Crippen LogP contribution in [0.2, 0.25) is 0 Å². The van der Waals surface area contributed by atoms with Crippen LogP contribution in [0.4, 0.5) is 0 Å². The summed E-state index contributed by atoms with van der Waals surface area (Å²) in [6.07, 6.45) is 11.6. The monoisotopic (exact) mass is 374 g/mol. The number of rotatable bonds is 3. The largest absolute Gasteiger partial charge is 0.366 e. The molecule has 2 amide bonds. The van der Waals surface area contributed by atoms with Crippen molar-refractivity contribution in [3.63, 3.8) is 0 Å². The van der Waals surface area contributed by atoms with Crippen molar-refractivity contribution in [1.82, 2.24) is 4.90 Å². The van der Waals surface area contributed by atoms with Gasteiger partial charge in [-0.3, -0.25) is 9.59 Å². The summed E-state index contributed by atoms with van der Waals surface area (Å²) in [7, 11) is 0. The van der Waals surface area contributed by atoms with Gasteiger partial charge in [-0.05, 0) is 90.3 Å². The average molecular weight is 374 g/mol. The van der Waals surface area contributed by atoms with E-state index < -0.39 is 0 Å². The standard InChI is InChI=1S/C24H26N2O2/c1-2-21(27)26-11-3-4-16(14-26)17-5-6-18(23(25)28)19-12-15-7-8-24(9-10-24)13-20(15)22(17)19/h2,4-6H,1,3,7-14H2,(H2,25,28). The lowest BCUT2D eigenvalue weighted by Crippen LogP contribution is -2.34. The van der Waals surface area contributed by atoms with Crippen LogP contribution >= 0.6 is 0 Å². The first-order valence-corrected chi connectivity index (χ1v) is 10.3. The van der Waals surface area contributed by atoms with Crippen LogP contribution in [0, 0.1) is 5.41 Å². The first-order valence-electron chi connectivity index (χ1n) is 10.3. The number of hydrogen-bond donors (Lipinski definition) is 1. The zero-order chi connectivity index (χ0) is 19.5. The topological polar surface area (TPSA) is 63.4 Å². The Balaban J connectivity index is 1.61. The maximum absolute atomic E-state index is 12.2. The summed E-state index contributed by atoms with van der Waals surface area (Å²) in [6.45, 7) is 4.96. The van der Waals surface area contributed by atoms with Gasteiger partial charge in [0.25, 0.3) is 0 Å². The third-order valence-corrected chi connectivity index (χ3v) is 7.15. The molecule has 0 saturated heterocycles. The molecular weight excluding hydrogens is 348 g/mol. The van der Waals surface area contributed by atoms with Crippen molar-refractivity contribution < 1.29 is 9.59 Å². The van der Waals surface area contributed by atoms with E-state index in [9.17, 15) is 9.59 Å². The van der Waals surface area contributed by atoms with Crippen LogP contribution in [0.3, 0.4) is 0 Å². The Kier molecular flexibility index (Phi) is 3.87. The van der Waals surface area contributed by atoms with Gasteiger partial charge in [-0.1, -0.05) is 24.3 Å². The maximum atomic E-state index is 12.2. The number of carbonyl (C=O) groups is 2. The number of carbonyl (C=O) groups excluding carboxylic acids is 2. The Hall–Kier alpha value is -2.62. The van der Waals surface area contributed by atoms with Gasteiger partial charge in [0.15, 0.2) is 0 Å². The fraction of sp³-hybridized carbons (Fsp3) is 0.417. The van der Waals surface area contributed by atoms with E-state index in [-0.39, 0.29) is 11.8 Å². The molecule has 3 aliphatic carbocycles. The van der Waals surface area contributed by atoms with Crippen molar-refractivity contribution in [3.8, 4) is 0 Å². The van der Waals surface area contributed by atoms with Gasteiger partial charge in [-0.2, -0.15) is 0 Å². The van der Waals surface area contributed by atoms with E-state index in [0.717, 1.165) is 37.8 Å². The first kappa shape index (κ1) is 17.5. The maximum Gasteiger partial charge on any atom is 0.249 e. The van der Waals surface area contributed by atoms with E-state index >= 15 is 0 Å². The van der Waals surface area contributed by atoms with Gasteiger partial charge < -0.3 is 10.6 Å². The minimum absolute atomic E-state index is 0.0227. The summed E-state index contributed by atoms with van der Waals surface area (Å²) >= 11 is 0. The molecule has 4 heteroatoms. The van der Waals surface area contributed by atoms with E-state index in [4.69, 9.17) is 5.73 Å². The highest BCUT2D eigenvalue weighted by Crippen LogP contribution is 2.61. The number of nitrogens with two attached hydrogens (primary N) is 1. The summed E-state index contributed by atoms with van der Waals surface area (Å²) in [5.41, 5.74) is 14.6. The number of primary amides is 1. The fourth-order valence-corrected chi connectivity index (χ4v) is 5.36. The van der Waals surface area contributed by atoms with Crippen molar-refractivity contribution in [2.75, 3.05) is 13.1 Å². The third kappa shape index (κ3) is 2.66. The Morgan fingerprint density at radius 1 is 1.21 bits per heavy atom. The molecule has 1 aromatic carbocycles. The zero-order valence-electron chi connectivity index (χ0n) is 16.2. The SMILES string of the molecule is C=CC(=O)N1CCC=C(c2ccc(C(N)=O)c3c2C2=C(CCC4(CC4)C2)C3)C1. The molecule has 1 heterocycles. The smallest absolute Gasteiger partial charge is 0.249 e. The minimum Gasteiger partial charge on any atom is -0.366 e. The van der Waals surface area contributed by atoms with E-state index in [2.05, 4.69) is 18.7 Å². The Bertz CT molecular complexity index is 979. The highest BCUT2D eigenvalue weighted by molar-refractivity contribution is 6.00. The van der Waals surface area contributed by atoms with Crippen LogP contribution in [0.15, 0.2) is 36.4 Å². The van der Waals surface area contributed by atoms with Crippen LogP contribution in [0.25, 0.3) is 11.1 Å². The second-order valence-electron chi connectivity index (χ2n) is 8.80. The number of hydrogen-bond acceptors (Lipinski definition) is 2. The quantitative estimate of drug-likeness (QED) is 0.817. The fourth-order valence-electron chi connectivity index (χ4n) is 5.36. The lowest BCUT2D eigenvalue weighted by molar-refractivity contribution is -0.125. The highest BCUT2D eigenvalue weighted by Gasteiger charge is 2.47. The Morgan fingerprint density at radius 3 is 2.75 bits per heavy atom. The molecule has 4 aliphatic rings.